The minimum absolute atomic E-state index is 0. The van der Waals surface area contributed by atoms with Gasteiger partial charge in [0.05, 0.1) is 31.5 Å². The van der Waals surface area contributed by atoms with Crippen molar-refractivity contribution in [2.45, 2.75) is 44.2 Å². The number of hydrogen-bond acceptors (Lipinski definition) is 7. The van der Waals surface area contributed by atoms with Crippen molar-refractivity contribution in [1.29, 1.82) is 0 Å². The largest absolute Gasteiger partial charge is 0.495 e. The molecule has 0 aliphatic carbocycles. The van der Waals surface area contributed by atoms with Crippen LogP contribution in [0.3, 0.4) is 0 Å². The molecule has 3 rings (SSSR count). The maximum atomic E-state index is 12.0. The molecule has 32 heavy (non-hydrogen) atoms. The summed E-state index contributed by atoms with van der Waals surface area (Å²) in [6.45, 7) is 6.81. The van der Waals surface area contributed by atoms with Gasteiger partial charge in [-0.1, -0.05) is 12.1 Å². The average molecular weight is 495 g/mol. The fourth-order valence-electron chi connectivity index (χ4n) is 4.25. The summed E-state index contributed by atoms with van der Waals surface area (Å²) in [7, 11) is 1.67. The quantitative estimate of drug-likeness (QED) is 0.445. The van der Waals surface area contributed by atoms with E-state index in [1.54, 1.807) is 7.11 Å². The molecule has 0 radical (unpaired) electrons. The van der Waals surface area contributed by atoms with Crippen molar-refractivity contribution < 1.29 is 24.5 Å². The van der Waals surface area contributed by atoms with Crippen LogP contribution < -0.4 is 20.3 Å². The molecule has 0 bridgehead atoms. The molecule has 11 heteroatoms. The zero-order chi connectivity index (χ0) is 21.7. The molecule has 2 fully saturated rings. The Hall–Kier alpha value is -1.49. The van der Waals surface area contributed by atoms with Crippen LogP contribution in [-0.2, 0) is 4.74 Å². The Kier molecular flexibility index (Phi) is 11.8. The summed E-state index contributed by atoms with van der Waals surface area (Å²) in [5, 5.41) is 25.9. The van der Waals surface area contributed by atoms with Crippen molar-refractivity contribution in [1.82, 2.24) is 15.5 Å². The number of piperazine rings is 1. The zero-order valence-electron chi connectivity index (χ0n) is 18.8. The van der Waals surface area contributed by atoms with Crippen molar-refractivity contribution in [3.8, 4) is 5.75 Å². The van der Waals surface area contributed by atoms with Crippen molar-refractivity contribution in [3.05, 3.63) is 24.3 Å². The van der Waals surface area contributed by atoms with Gasteiger partial charge >= 0.3 is 6.03 Å². The summed E-state index contributed by atoms with van der Waals surface area (Å²) in [4.78, 5) is 16.4. The van der Waals surface area contributed by atoms with Gasteiger partial charge in [0.25, 0.3) is 0 Å². The lowest BCUT2D eigenvalue weighted by Crippen LogP contribution is -2.58. The molecule has 2 amide bonds. The van der Waals surface area contributed by atoms with Crippen molar-refractivity contribution >= 4 is 36.5 Å². The Labute approximate surface area is 202 Å². The highest BCUT2D eigenvalue weighted by Gasteiger charge is 2.46. The number of anilines is 1. The lowest BCUT2D eigenvalue weighted by atomic mass is 10.0. The number of carbonyl (C=O) groups excluding carboxylic acids is 1. The number of nitrogens with zero attached hydrogens (tertiary/aromatic N) is 2. The van der Waals surface area contributed by atoms with Crippen molar-refractivity contribution in [2.24, 2.45) is 0 Å². The monoisotopic (exact) mass is 494 g/mol. The zero-order valence-corrected chi connectivity index (χ0v) is 20.4. The van der Waals surface area contributed by atoms with E-state index >= 15 is 0 Å². The van der Waals surface area contributed by atoms with Crippen LogP contribution in [0.2, 0.25) is 0 Å². The lowest BCUT2D eigenvalue weighted by Gasteiger charge is -2.41. The van der Waals surface area contributed by atoms with Crippen LogP contribution in [0.15, 0.2) is 24.3 Å². The van der Waals surface area contributed by atoms with Gasteiger partial charge in [-0.05, 0) is 26.0 Å². The van der Waals surface area contributed by atoms with E-state index in [1.807, 2.05) is 38.1 Å². The van der Waals surface area contributed by atoms with Crippen LogP contribution in [0.4, 0.5) is 10.5 Å². The summed E-state index contributed by atoms with van der Waals surface area (Å²) in [5.74, 6) is 0.841. The molecule has 184 valence electrons. The number of urea groups is 1. The molecule has 9 nitrogen and oxygen atoms in total. The topological polar surface area (TPSA) is 107 Å². The molecule has 4 N–H and O–H groups in total. The van der Waals surface area contributed by atoms with Gasteiger partial charge in [0.15, 0.2) is 0 Å². The van der Waals surface area contributed by atoms with Gasteiger partial charge in [-0.15, -0.1) is 24.8 Å². The Morgan fingerprint density at radius 3 is 2.44 bits per heavy atom. The highest BCUT2D eigenvalue weighted by atomic mass is 35.5. The summed E-state index contributed by atoms with van der Waals surface area (Å²) in [5.41, 5.74) is 1.06. The van der Waals surface area contributed by atoms with Gasteiger partial charge in [0, 0.05) is 38.8 Å². The van der Waals surface area contributed by atoms with Crippen LogP contribution in [0.5, 0.6) is 5.75 Å². The molecule has 0 unspecified atom stereocenters. The third-order valence-electron chi connectivity index (χ3n) is 5.69. The minimum atomic E-state index is -0.812. The molecule has 0 aromatic heterocycles. The number of benzene rings is 1. The van der Waals surface area contributed by atoms with Gasteiger partial charge in [0.1, 0.15) is 18.0 Å². The van der Waals surface area contributed by atoms with E-state index in [1.165, 1.54) is 0 Å². The van der Waals surface area contributed by atoms with Crippen LogP contribution in [0, 0.1) is 0 Å². The van der Waals surface area contributed by atoms with E-state index in [9.17, 15) is 15.0 Å². The number of amides is 2. The van der Waals surface area contributed by atoms with Crippen LogP contribution in [0.25, 0.3) is 0 Å². The molecular weight excluding hydrogens is 459 g/mol. The second kappa shape index (κ2) is 13.3. The number of carbonyl (C=O) groups is 1. The standard InChI is InChI=1S/C21H34N4O5.2ClH/c1-14(2)23-21(28)22-12-17-19(20(27)18(13-26)30-17)25-10-8-24(9-11-25)15-6-4-5-7-16(15)29-3;;/h4-7,14,17-20,26-27H,8-13H2,1-3H3,(H2,22,23,28);2*1H/t17-,18+,19+,20-;;/m1../s1. The Morgan fingerprint density at radius 2 is 1.84 bits per heavy atom. The second-order valence-electron chi connectivity index (χ2n) is 8.08. The van der Waals surface area contributed by atoms with E-state index < -0.39 is 18.3 Å². The number of ether oxygens (including phenoxy) is 2. The van der Waals surface area contributed by atoms with Gasteiger partial charge in [-0.25, -0.2) is 4.79 Å². The normalized spacial score (nSPS) is 25.6. The molecule has 1 aromatic carbocycles. The fraction of sp³-hybridized carbons (Fsp3) is 0.667. The number of aliphatic hydroxyl groups is 2. The highest BCUT2D eigenvalue weighted by Crippen LogP contribution is 2.31. The third kappa shape index (κ3) is 6.76. The third-order valence-corrected chi connectivity index (χ3v) is 5.69. The van der Waals surface area contributed by atoms with Crippen LogP contribution in [0.1, 0.15) is 13.8 Å². The number of hydrogen-bond donors (Lipinski definition) is 4. The molecule has 2 saturated heterocycles. The second-order valence-corrected chi connectivity index (χ2v) is 8.08. The summed E-state index contributed by atoms with van der Waals surface area (Å²) >= 11 is 0. The van der Waals surface area contributed by atoms with Crippen LogP contribution >= 0.6 is 24.8 Å². The van der Waals surface area contributed by atoms with E-state index in [0.717, 1.165) is 37.6 Å². The Morgan fingerprint density at radius 1 is 1.19 bits per heavy atom. The van der Waals surface area contributed by atoms with E-state index in [0.29, 0.717) is 0 Å². The van der Waals surface area contributed by atoms with Gasteiger partial charge in [-0.3, -0.25) is 4.90 Å². The van der Waals surface area contributed by atoms with Gasteiger partial charge < -0.3 is 35.2 Å². The van der Waals surface area contributed by atoms with E-state index in [4.69, 9.17) is 9.47 Å². The first-order chi connectivity index (χ1) is 14.4. The summed E-state index contributed by atoms with van der Waals surface area (Å²) in [6, 6.07) is 7.41. The van der Waals surface area contributed by atoms with E-state index in [-0.39, 0.29) is 56.1 Å². The summed E-state index contributed by atoms with van der Waals surface area (Å²) in [6.07, 6.45) is -1.86. The Bertz CT molecular complexity index is 707. The van der Waals surface area contributed by atoms with E-state index in [2.05, 4.69) is 20.4 Å². The first-order valence-electron chi connectivity index (χ1n) is 10.5. The molecule has 2 heterocycles. The van der Waals surface area contributed by atoms with Gasteiger partial charge in [-0.2, -0.15) is 0 Å². The molecular formula is C21H36Cl2N4O5. The maximum absolute atomic E-state index is 12.0. The molecule has 2 aliphatic heterocycles. The number of methoxy groups -OCH3 is 1. The predicted octanol–water partition coefficient (Wildman–Crippen LogP) is 0.858. The first kappa shape index (κ1) is 28.5. The number of halogens is 2. The maximum Gasteiger partial charge on any atom is 0.315 e. The van der Waals surface area contributed by atoms with Crippen molar-refractivity contribution in [3.63, 3.8) is 0 Å². The number of nitrogens with one attached hydrogen (secondary N) is 2. The number of rotatable bonds is 7. The molecule has 0 spiro atoms. The minimum Gasteiger partial charge on any atom is -0.495 e. The van der Waals surface area contributed by atoms with Gasteiger partial charge in [0.2, 0.25) is 0 Å². The molecule has 1 aromatic rings. The Balaban J connectivity index is 0.00000256. The SMILES string of the molecule is COc1ccccc1N1CCN([C@@H]2[C@H](O)[C@H](CO)O[C@@H]2CNC(=O)NC(C)C)CC1.Cl.Cl. The summed E-state index contributed by atoms with van der Waals surface area (Å²) < 4.78 is 11.4. The lowest BCUT2D eigenvalue weighted by molar-refractivity contribution is -0.0206. The van der Waals surface area contributed by atoms with Crippen LogP contribution in [-0.4, -0.2) is 98.0 Å². The number of aliphatic hydroxyl groups excluding tert-OH is 2. The number of para-hydroxylation sites is 2. The fourth-order valence-corrected chi connectivity index (χ4v) is 4.25. The van der Waals surface area contributed by atoms with Crippen molar-refractivity contribution in [2.75, 3.05) is 51.3 Å². The molecule has 0 saturated carbocycles. The molecule has 2 aliphatic rings. The highest BCUT2D eigenvalue weighted by molar-refractivity contribution is 5.85. The molecule has 4 atom stereocenters. The average Bonchev–Trinajstić information content (AvgIpc) is 3.07. The smallest absolute Gasteiger partial charge is 0.315 e. The first-order valence-corrected chi connectivity index (χ1v) is 10.5. The predicted molar refractivity (Wildman–Crippen MR) is 128 cm³/mol.